The van der Waals surface area contributed by atoms with Crippen LogP contribution in [0.25, 0.3) is 11.7 Å². The summed E-state index contributed by atoms with van der Waals surface area (Å²) in [6, 6.07) is 10.4. The molecule has 1 aromatic carbocycles. The van der Waals surface area contributed by atoms with Gasteiger partial charge in [0.25, 0.3) is 5.89 Å². The lowest BCUT2D eigenvalue weighted by molar-refractivity contribution is -0.117. The molecule has 0 aliphatic heterocycles. The van der Waals surface area contributed by atoms with Crippen molar-refractivity contribution in [3.63, 3.8) is 0 Å². The van der Waals surface area contributed by atoms with Gasteiger partial charge in [-0.3, -0.25) is 4.79 Å². The van der Waals surface area contributed by atoms with E-state index in [9.17, 15) is 9.59 Å². The lowest BCUT2D eigenvalue weighted by Crippen LogP contribution is -2.25. The van der Waals surface area contributed by atoms with Crippen LogP contribution in [0.15, 0.2) is 60.8 Å². The van der Waals surface area contributed by atoms with Crippen LogP contribution in [-0.2, 0) is 11.3 Å². The Morgan fingerprint density at radius 3 is 2.91 bits per heavy atom. The molecule has 0 atom stereocenters. The van der Waals surface area contributed by atoms with E-state index in [1.54, 1.807) is 30.3 Å². The molecule has 0 saturated heterocycles. The van der Waals surface area contributed by atoms with Gasteiger partial charge >= 0.3 is 5.76 Å². The van der Waals surface area contributed by atoms with E-state index in [0.717, 1.165) is 9.15 Å². The zero-order valence-electron chi connectivity index (χ0n) is 11.2. The summed E-state index contributed by atoms with van der Waals surface area (Å²) in [5.41, 5.74) is 0.613. The summed E-state index contributed by atoms with van der Waals surface area (Å²) in [6.45, 7) is -0.254. The van der Waals surface area contributed by atoms with Crippen LogP contribution in [0.1, 0.15) is 0 Å². The molecule has 8 heteroatoms. The standard InChI is InChI=1S/C14H10BrN3O4/c15-9-3-1-4-10(7-9)16-12(19)8-18-14(20)22-13(17-18)11-5-2-6-21-11/h1-7H,8H2,(H,16,19). The molecule has 1 amide bonds. The molecule has 0 radical (unpaired) electrons. The lowest BCUT2D eigenvalue weighted by Gasteiger charge is -2.04. The molecule has 3 rings (SSSR count). The molecule has 0 unspecified atom stereocenters. The Labute approximate surface area is 132 Å². The molecule has 22 heavy (non-hydrogen) atoms. The normalized spacial score (nSPS) is 10.6. The number of amides is 1. The number of hydrogen-bond acceptors (Lipinski definition) is 5. The molecule has 0 fully saturated rings. The number of furan rings is 1. The van der Waals surface area contributed by atoms with E-state index < -0.39 is 5.76 Å². The molecule has 3 aromatic rings. The van der Waals surface area contributed by atoms with Gasteiger partial charge in [0.05, 0.1) is 6.26 Å². The van der Waals surface area contributed by atoms with E-state index in [0.29, 0.717) is 11.4 Å². The number of benzene rings is 1. The van der Waals surface area contributed by atoms with Gasteiger partial charge in [-0.05, 0) is 30.3 Å². The van der Waals surface area contributed by atoms with Crippen molar-refractivity contribution in [2.24, 2.45) is 0 Å². The van der Waals surface area contributed by atoms with E-state index in [1.807, 2.05) is 6.07 Å². The van der Waals surface area contributed by atoms with Gasteiger partial charge in [0, 0.05) is 10.2 Å². The second-order valence-corrected chi connectivity index (χ2v) is 5.28. The van der Waals surface area contributed by atoms with Gasteiger partial charge in [0.1, 0.15) is 6.54 Å². The van der Waals surface area contributed by atoms with Gasteiger partial charge in [-0.25, -0.2) is 4.79 Å². The Hall–Kier alpha value is -2.61. The maximum absolute atomic E-state index is 11.9. The van der Waals surface area contributed by atoms with Crippen LogP contribution in [0.5, 0.6) is 0 Å². The van der Waals surface area contributed by atoms with Crippen LogP contribution >= 0.6 is 15.9 Å². The molecule has 2 aromatic heterocycles. The highest BCUT2D eigenvalue weighted by Crippen LogP contribution is 2.16. The maximum atomic E-state index is 11.9. The van der Waals surface area contributed by atoms with Gasteiger partial charge in [-0.1, -0.05) is 22.0 Å². The fourth-order valence-corrected chi connectivity index (χ4v) is 2.21. The van der Waals surface area contributed by atoms with E-state index in [-0.39, 0.29) is 18.3 Å². The molecule has 0 aliphatic carbocycles. The molecule has 0 saturated carbocycles. The fraction of sp³-hybridized carbons (Fsp3) is 0.0714. The van der Waals surface area contributed by atoms with Gasteiger partial charge < -0.3 is 14.2 Å². The van der Waals surface area contributed by atoms with E-state index in [2.05, 4.69) is 26.3 Å². The average molecular weight is 364 g/mol. The largest absolute Gasteiger partial charge is 0.459 e. The average Bonchev–Trinajstić information content (AvgIpc) is 3.09. The van der Waals surface area contributed by atoms with Crippen molar-refractivity contribution in [1.29, 1.82) is 0 Å². The van der Waals surface area contributed by atoms with Crippen LogP contribution < -0.4 is 11.1 Å². The van der Waals surface area contributed by atoms with Crippen molar-refractivity contribution in [3.05, 3.63) is 57.7 Å². The molecule has 7 nitrogen and oxygen atoms in total. The van der Waals surface area contributed by atoms with Gasteiger partial charge in [0.15, 0.2) is 5.76 Å². The summed E-state index contributed by atoms with van der Waals surface area (Å²) in [5, 5.41) is 6.59. The first-order valence-electron chi connectivity index (χ1n) is 6.29. The summed E-state index contributed by atoms with van der Waals surface area (Å²) < 4.78 is 11.8. The molecular weight excluding hydrogens is 354 g/mol. The minimum absolute atomic E-state index is 0.0326. The molecule has 0 spiro atoms. The van der Waals surface area contributed by atoms with Crippen LogP contribution in [0.2, 0.25) is 0 Å². The van der Waals surface area contributed by atoms with Crippen LogP contribution in [0.3, 0.4) is 0 Å². The van der Waals surface area contributed by atoms with Gasteiger partial charge in [-0.2, -0.15) is 4.68 Å². The topological polar surface area (TPSA) is 90.3 Å². The highest BCUT2D eigenvalue weighted by atomic mass is 79.9. The van der Waals surface area contributed by atoms with Crippen molar-refractivity contribution in [2.45, 2.75) is 6.54 Å². The third kappa shape index (κ3) is 3.17. The number of carbonyl (C=O) groups is 1. The molecule has 2 heterocycles. The Bertz CT molecular complexity index is 851. The van der Waals surface area contributed by atoms with Crippen molar-refractivity contribution >= 4 is 27.5 Å². The van der Waals surface area contributed by atoms with E-state index in [1.165, 1.54) is 6.26 Å². The summed E-state index contributed by atoms with van der Waals surface area (Å²) in [5.74, 6) is -0.760. The number of carbonyl (C=O) groups excluding carboxylic acids is 1. The number of anilines is 1. The van der Waals surface area contributed by atoms with E-state index >= 15 is 0 Å². The summed E-state index contributed by atoms with van der Waals surface area (Å²) in [6.07, 6.45) is 1.44. The van der Waals surface area contributed by atoms with Crippen molar-refractivity contribution in [1.82, 2.24) is 9.78 Å². The fourth-order valence-electron chi connectivity index (χ4n) is 1.81. The highest BCUT2D eigenvalue weighted by Gasteiger charge is 2.14. The number of halogens is 1. The number of aromatic nitrogens is 2. The SMILES string of the molecule is O=C(Cn1nc(-c2ccco2)oc1=O)Nc1cccc(Br)c1. The number of nitrogens with one attached hydrogen (secondary N) is 1. The van der Waals surface area contributed by atoms with Crippen molar-refractivity contribution in [3.8, 4) is 11.7 Å². The smallest absolute Gasteiger partial charge is 0.437 e. The zero-order valence-corrected chi connectivity index (χ0v) is 12.7. The molecule has 1 N–H and O–H groups in total. The highest BCUT2D eigenvalue weighted by molar-refractivity contribution is 9.10. The first kappa shape index (κ1) is 14.3. The molecular formula is C14H10BrN3O4. The van der Waals surface area contributed by atoms with Gasteiger partial charge in [0.2, 0.25) is 5.91 Å². The maximum Gasteiger partial charge on any atom is 0.437 e. The lowest BCUT2D eigenvalue weighted by atomic mass is 10.3. The molecule has 112 valence electrons. The minimum atomic E-state index is -0.726. The van der Waals surface area contributed by atoms with E-state index in [4.69, 9.17) is 8.83 Å². The van der Waals surface area contributed by atoms with Gasteiger partial charge in [-0.15, -0.1) is 5.10 Å². The third-order valence-corrected chi connectivity index (χ3v) is 3.23. The van der Waals surface area contributed by atoms with Crippen molar-refractivity contribution in [2.75, 3.05) is 5.32 Å². The molecule has 0 bridgehead atoms. The number of hydrogen-bond donors (Lipinski definition) is 1. The quantitative estimate of drug-likeness (QED) is 0.768. The predicted octanol–water partition coefficient (Wildman–Crippen LogP) is 2.50. The summed E-state index contributed by atoms with van der Waals surface area (Å²) in [7, 11) is 0. The minimum Gasteiger partial charge on any atom is -0.459 e. The second kappa shape index (κ2) is 6.02. The Morgan fingerprint density at radius 1 is 1.32 bits per heavy atom. The molecule has 0 aliphatic rings. The number of rotatable bonds is 4. The first-order valence-corrected chi connectivity index (χ1v) is 7.08. The predicted molar refractivity (Wildman–Crippen MR) is 81.2 cm³/mol. The zero-order chi connectivity index (χ0) is 15.5. The Balaban J connectivity index is 1.73. The monoisotopic (exact) mass is 363 g/mol. The van der Waals surface area contributed by atoms with Crippen LogP contribution in [0, 0.1) is 0 Å². The Kier molecular flexibility index (Phi) is 3.92. The Morgan fingerprint density at radius 2 is 2.18 bits per heavy atom. The second-order valence-electron chi connectivity index (χ2n) is 4.37. The number of nitrogens with zero attached hydrogens (tertiary/aromatic N) is 2. The summed E-state index contributed by atoms with van der Waals surface area (Å²) in [4.78, 5) is 23.6. The first-order chi connectivity index (χ1) is 10.6. The van der Waals surface area contributed by atoms with Crippen LogP contribution in [0.4, 0.5) is 5.69 Å². The van der Waals surface area contributed by atoms with Crippen LogP contribution in [-0.4, -0.2) is 15.7 Å². The summed E-state index contributed by atoms with van der Waals surface area (Å²) >= 11 is 3.31. The third-order valence-electron chi connectivity index (χ3n) is 2.74. The van der Waals surface area contributed by atoms with Crippen molar-refractivity contribution < 1.29 is 13.6 Å².